The maximum atomic E-state index is 13.5. The van der Waals surface area contributed by atoms with E-state index in [0.717, 1.165) is 5.56 Å². The highest BCUT2D eigenvalue weighted by Gasteiger charge is 2.42. The molecule has 0 aromatic heterocycles. The van der Waals surface area contributed by atoms with E-state index in [1.807, 2.05) is 6.92 Å². The van der Waals surface area contributed by atoms with Gasteiger partial charge in [0.15, 0.2) is 0 Å². The number of carbonyl (C=O) groups is 1. The zero-order chi connectivity index (χ0) is 31.1. The van der Waals surface area contributed by atoms with Crippen LogP contribution in [0.3, 0.4) is 0 Å². The zero-order valence-corrected chi connectivity index (χ0v) is 23.6. The van der Waals surface area contributed by atoms with Crippen LogP contribution in [0, 0.1) is 11.3 Å². The normalized spacial score (nSPS) is 18.1. The molecule has 13 heteroatoms. The first-order valence-electron chi connectivity index (χ1n) is 13.3. The maximum absolute atomic E-state index is 13.5. The first-order valence-corrected chi connectivity index (χ1v) is 13.7. The van der Waals surface area contributed by atoms with E-state index in [0.29, 0.717) is 27.5 Å². The summed E-state index contributed by atoms with van der Waals surface area (Å²) >= 11 is 6.17. The van der Waals surface area contributed by atoms with Crippen molar-refractivity contribution in [2.45, 2.75) is 57.9 Å². The number of allylic oxidation sites excluding steroid dienone is 1. The Hall–Kier alpha value is -3.54. The van der Waals surface area contributed by atoms with Crippen LogP contribution in [0.5, 0.6) is 0 Å². The second kappa shape index (κ2) is 14.1. The highest BCUT2D eigenvalue weighted by molar-refractivity contribution is 6.31. The van der Waals surface area contributed by atoms with Crippen molar-refractivity contribution in [2.75, 3.05) is 13.1 Å². The highest BCUT2D eigenvalue weighted by Crippen LogP contribution is 2.39. The molecule has 1 atom stereocenters. The molecule has 2 aromatic rings. The molecule has 2 aromatic carbocycles. The molecular weight excluding hydrogens is 584 g/mol. The van der Waals surface area contributed by atoms with E-state index in [1.165, 1.54) is 0 Å². The summed E-state index contributed by atoms with van der Waals surface area (Å²) in [5, 5.41) is 11.3. The largest absolute Gasteiger partial charge is 0.400 e. The van der Waals surface area contributed by atoms with Gasteiger partial charge in [-0.25, -0.2) is 4.79 Å². The molecular formula is C29H32ClF6N5O. The molecule has 0 radical (unpaired) electrons. The number of alkyl halides is 6. The van der Waals surface area contributed by atoms with Crippen molar-refractivity contribution in [2.24, 2.45) is 16.6 Å². The van der Waals surface area contributed by atoms with Crippen molar-refractivity contribution >= 4 is 29.2 Å². The Bertz CT molecular complexity index is 1320. The van der Waals surface area contributed by atoms with E-state index >= 15 is 0 Å². The topological polar surface area (TPSA) is 94.6 Å². The lowest BCUT2D eigenvalue weighted by atomic mass is 9.82. The summed E-state index contributed by atoms with van der Waals surface area (Å²) in [6.07, 6.45) is -10.3. The quantitative estimate of drug-likeness (QED) is 0.164. The van der Waals surface area contributed by atoms with Crippen molar-refractivity contribution in [3.63, 3.8) is 0 Å². The average molecular weight is 616 g/mol. The SMILES string of the molecule is CCc1ccc(C(=N)N(CCC(F)(F)F)C(=O)NC/C(N)=C2\CCC(C(F)(F)F)CC2=NCc2ccccc2Cl)cc1. The molecule has 3 rings (SSSR count). The number of hydrogen-bond donors (Lipinski definition) is 3. The Morgan fingerprint density at radius 1 is 1.12 bits per heavy atom. The molecule has 1 aliphatic rings. The molecule has 2 amide bonds. The molecule has 1 aliphatic carbocycles. The molecule has 42 heavy (non-hydrogen) atoms. The fourth-order valence-corrected chi connectivity index (χ4v) is 4.69. The number of amidine groups is 1. The van der Waals surface area contributed by atoms with Crippen LogP contribution in [0.2, 0.25) is 5.02 Å². The minimum Gasteiger partial charge on any atom is -0.400 e. The summed E-state index contributed by atoms with van der Waals surface area (Å²) in [6.45, 7) is 0.769. The van der Waals surface area contributed by atoms with E-state index in [1.54, 1.807) is 48.5 Å². The molecule has 1 unspecified atom stereocenters. The molecule has 228 valence electrons. The number of nitrogens with zero attached hydrogens (tertiary/aromatic N) is 2. The number of halogens is 7. The van der Waals surface area contributed by atoms with Crippen LogP contribution in [0.4, 0.5) is 31.1 Å². The molecule has 0 saturated heterocycles. The van der Waals surface area contributed by atoms with Gasteiger partial charge >= 0.3 is 18.4 Å². The van der Waals surface area contributed by atoms with Crippen molar-refractivity contribution < 1.29 is 31.1 Å². The van der Waals surface area contributed by atoms with Crippen LogP contribution in [0.15, 0.2) is 64.8 Å². The third-order valence-corrected chi connectivity index (χ3v) is 7.35. The monoisotopic (exact) mass is 615 g/mol. The van der Waals surface area contributed by atoms with E-state index in [-0.39, 0.29) is 42.9 Å². The van der Waals surface area contributed by atoms with Crippen LogP contribution in [-0.2, 0) is 13.0 Å². The number of nitrogens with one attached hydrogen (secondary N) is 2. The fourth-order valence-electron chi connectivity index (χ4n) is 4.49. The van der Waals surface area contributed by atoms with Gasteiger partial charge in [0.1, 0.15) is 5.84 Å². The third kappa shape index (κ3) is 9.23. The van der Waals surface area contributed by atoms with Gasteiger partial charge in [-0.15, -0.1) is 0 Å². The Balaban J connectivity index is 1.82. The number of amides is 2. The highest BCUT2D eigenvalue weighted by atomic mass is 35.5. The number of aryl methyl sites for hydroxylation is 1. The van der Waals surface area contributed by atoms with E-state index in [9.17, 15) is 31.1 Å². The van der Waals surface area contributed by atoms with Crippen LogP contribution < -0.4 is 11.1 Å². The van der Waals surface area contributed by atoms with Crippen molar-refractivity contribution in [1.82, 2.24) is 10.2 Å². The lowest BCUT2D eigenvalue weighted by Gasteiger charge is -2.29. The average Bonchev–Trinajstić information content (AvgIpc) is 2.94. The second-order valence-corrected chi connectivity index (χ2v) is 10.3. The number of carbonyl (C=O) groups excluding carboxylic acids is 1. The van der Waals surface area contributed by atoms with Crippen LogP contribution >= 0.6 is 11.6 Å². The van der Waals surface area contributed by atoms with Crippen molar-refractivity contribution in [3.05, 3.63) is 81.5 Å². The predicted octanol–water partition coefficient (Wildman–Crippen LogP) is 7.41. The number of hydrogen-bond acceptors (Lipinski definition) is 4. The van der Waals surface area contributed by atoms with Crippen molar-refractivity contribution in [1.29, 1.82) is 5.41 Å². The number of rotatable bonds is 8. The first kappa shape index (κ1) is 33.0. The maximum Gasteiger partial charge on any atom is 0.392 e. The Morgan fingerprint density at radius 2 is 1.79 bits per heavy atom. The van der Waals surface area contributed by atoms with Gasteiger partial charge in [-0.05, 0) is 42.0 Å². The summed E-state index contributed by atoms with van der Waals surface area (Å²) in [6, 6.07) is 12.3. The van der Waals surface area contributed by atoms with Gasteiger partial charge in [-0.1, -0.05) is 61.0 Å². The minimum atomic E-state index is -4.57. The summed E-state index contributed by atoms with van der Waals surface area (Å²) in [7, 11) is 0. The Morgan fingerprint density at radius 3 is 2.38 bits per heavy atom. The molecule has 0 spiro atoms. The number of benzene rings is 2. The molecule has 1 fully saturated rings. The summed E-state index contributed by atoms with van der Waals surface area (Å²) in [5.41, 5.74) is 8.54. The Labute approximate surface area is 245 Å². The van der Waals surface area contributed by atoms with E-state index < -0.39 is 49.5 Å². The van der Waals surface area contributed by atoms with E-state index in [2.05, 4.69) is 10.3 Å². The lowest BCUT2D eigenvalue weighted by Crippen LogP contribution is -2.46. The minimum absolute atomic E-state index is 0.0158. The summed E-state index contributed by atoms with van der Waals surface area (Å²) < 4.78 is 79.7. The third-order valence-electron chi connectivity index (χ3n) is 6.98. The number of aliphatic imine (C=N–C) groups is 1. The number of urea groups is 1. The summed E-state index contributed by atoms with van der Waals surface area (Å²) in [4.78, 5) is 18.1. The van der Waals surface area contributed by atoms with Gasteiger partial charge in [0.25, 0.3) is 0 Å². The lowest BCUT2D eigenvalue weighted by molar-refractivity contribution is -0.175. The van der Waals surface area contributed by atoms with Gasteiger partial charge in [0, 0.05) is 35.0 Å². The van der Waals surface area contributed by atoms with Gasteiger partial charge in [-0.2, -0.15) is 26.3 Å². The smallest absolute Gasteiger partial charge is 0.392 e. The predicted molar refractivity (Wildman–Crippen MR) is 151 cm³/mol. The van der Waals surface area contributed by atoms with E-state index in [4.69, 9.17) is 22.7 Å². The molecule has 0 heterocycles. The van der Waals surface area contributed by atoms with Crippen LogP contribution in [-0.4, -0.2) is 47.9 Å². The molecule has 0 bridgehead atoms. The van der Waals surface area contributed by atoms with Crippen LogP contribution in [0.25, 0.3) is 0 Å². The summed E-state index contributed by atoms with van der Waals surface area (Å²) in [5.74, 6) is -2.05. The van der Waals surface area contributed by atoms with Crippen LogP contribution in [0.1, 0.15) is 49.3 Å². The van der Waals surface area contributed by atoms with Gasteiger partial charge in [0.05, 0.1) is 25.4 Å². The molecule has 0 aliphatic heterocycles. The van der Waals surface area contributed by atoms with Gasteiger partial charge < -0.3 is 11.1 Å². The van der Waals surface area contributed by atoms with Gasteiger partial charge in [-0.3, -0.25) is 15.3 Å². The molecule has 1 saturated carbocycles. The fraction of sp³-hybridized carbons (Fsp3) is 0.414. The molecule has 6 nitrogen and oxygen atoms in total. The number of nitrogens with two attached hydrogens (primary N) is 1. The standard InChI is InChI=1S/C29H32ClF6N5O/c1-2-18-7-9-19(10-8-18)26(38)41(14-13-28(31,32)33)27(42)40-17-24(37)22-12-11-21(29(34,35)36)15-25(22)39-16-20-5-3-4-6-23(20)30/h3-10,21,38H,2,11-17,37H2,1H3,(H,40,42)/b24-22-,38-26?,39-25?. The molecule has 4 N–H and O–H groups in total. The van der Waals surface area contributed by atoms with Gasteiger partial charge in [0.2, 0.25) is 0 Å². The first-order chi connectivity index (χ1) is 19.7. The Kier molecular flexibility index (Phi) is 11.1. The zero-order valence-electron chi connectivity index (χ0n) is 22.9. The second-order valence-electron chi connectivity index (χ2n) is 9.91. The van der Waals surface area contributed by atoms with Crippen molar-refractivity contribution in [3.8, 4) is 0 Å².